The average Bonchev–Trinajstić information content (AvgIpc) is 3.53. The van der Waals surface area contributed by atoms with Crippen LogP contribution in [-0.2, 0) is 6.18 Å². The summed E-state index contributed by atoms with van der Waals surface area (Å²) in [5.41, 5.74) is 1.13. The van der Waals surface area contributed by atoms with Crippen molar-refractivity contribution in [3.8, 4) is 16.9 Å². The van der Waals surface area contributed by atoms with Gasteiger partial charge in [0.1, 0.15) is 11.4 Å². The molecule has 3 heterocycles. The van der Waals surface area contributed by atoms with Gasteiger partial charge in [-0.3, -0.25) is 9.59 Å². The third-order valence-electron chi connectivity index (χ3n) is 8.88. The van der Waals surface area contributed by atoms with Crippen LogP contribution in [0.2, 0.25) is 0 Å². The molecular formula is C35H33BrF3N3O4S. The molecule has 0 bridgehead atoms. The van der Waals surface area contributed by atoms with Crippen molar-refractivity contribution < 1.29 is 32.6 Å². The number of fused-ring (bicyclic) bond motifs is 1. The number of nitrogens with one attached hydrogen (secondary N) is 1. The first-order valence-corrected chi connectivity index (χ1v) is 16.9. The number of hydrogen-bond donors (Lipinski definition) is 2. The number of benzene rings is 3. The van der Waals surface area contributed by atoms with E-state index in [0.717, 1.165) is 21.6 Å². The number of aliphatic hydroxyl groups excluding tert-OH is 1. The average molecular weight is 729 g/mol. The molecule has 1 fully saturated rings. The van der Waals surface area contributed by atoms with Gasteiger partial charge in [0.25, 0.3) is 11.8 Å². The molecule has 12 heteroatoms. The van der Waals surface area contributed by atoms with Crippen molar-refractivity contribution in [2.75, 3.05) is 19.7 Å². The summed E-state index contributed by atoms with van der Waals surface area (Å²) in [4.78, 5) is 33.5. The number of ether oxygens (including phenoxy) is 1. The van der Waals surface area contributed by atoms with Crippen LogP contribution in [0.3, 0.4) is 0 Å². The molecule has 4 aromatic rings. The molecule has 1 saturated heterocycles. The molecule has 246 valence electrons. The molecule has 0 spiro atoms. The third-order valence-corrected chi connectivity index (χ3v) is 10.4. The molecule has 7 nitrogen and oxygen atoms in total. The minimum Gasteiger partial charge on any atom is -0.493 e. The Kier molecular flexibility index (Phi) is 9.21. The molecule has 0 saturated carbocycles. The first kappa shape index (κ1) is 33.2. The van der Waals surface area contributed by atoms with Gasteiger partial charge in [0.05, 0.1) is 29.3 Å². The van der Waals surface area contributed by atoms with Crippen LogP contribution in [0.4, 0.5) is 13.2 Å². The highest BCUT2D eigenvalue weighted by atomic mass is 79.9. The van der Waals surface area contributed by atoms with Crippen LogP contribution in [0, 0.1) is 5.41 Å². The molecule has 2 unspecified atom stereocenters. The van der Waals surface area contributed by atoms with Crippen molar-refractivity contribution >= 4 is 39.1 Å². The molecular weight excluding hydrogens is 695 g/mol. The van der Waals surface area contributed by atoms with Crippen LogP contribution < -0.4 is 10.1 Å². The Bertz CT molecular complexity index is 1790. The Morgan fingerprint density at radius 2 is 1.77 bits per heavy atom. The lowest BCUT2D eigenvalue weighted by Gasteiger charge is -2.32. The summed E-state index contributed by atoms with van der Waals surface area (Å²) in [6.45, 7) is 5.02. The Balaban J connectivity index is 1.12. The topological polar surface area (TPSA) is 91.8 Å². The number of nitrogens with zero attached hydrogens (tertiary/aromatic N) is 2. The minimum atomic E-state index is -4.44. The van der Waals surface area contributed by atoms with Crippen LogP contribution in [-0.4, -0.2) is 52.6 Å². The van der Waals surface area contributed by atoms with Crippen LogP contribution in [0.1, 0.15) is 75.6 Å². The molecule has 0 radical (unpaired) electrons. The highest BCUT2D eigenvalue weighted by Crippen LogP contribution is 2.41. The lowest BCUT2D eigenvalue weighted by molar-refractivity contribution is -0.137. The largest absolute Gasteiger partial charge is 0.493 e. The van der Waals surface area contributed by atoms with Gasteiger partial charge in [-0.15, -0.1) is 11.3 Å². The van der Waals surface area contributed by atoms with Crippen molar-refractivity contribution in [2.45, 2.75) is 50.9 Å². The summed E-state index contributed by atoms with van der Waals surface area (Å²) in [5.74, 6) is 0.0797. The predicted octanol–water partition coefficient (Wildman–Crippen LogP) is 7.86. The van der Waals surface area contributed by atoms with E-state index in [0.29, 0.717) is 53.9 Å². The molecule has 1 aromatic heterocycles. The fraction of sp³-hybridized carbons (Fsp3) is 0.343. The van der Waals surface area contributed by atoms with Gasteiger partial charge in [0.2, 0.25) is 0 Å². The molecule has 2 atom stereocenters. The molecule has 2 aliphatic rings. The zero-order chi connectivity index (χ0) is 33.5. The number of piperidine rings is 1. The van der Waals surface area contributed by atoms with E-state index < -0.39 is 35.2 Å². The highest BCUT2D eigenvalue weighted by Gasteiger charge is 2.41. The second-order valence-corrected chi connectivity index (χ2v) is 14.4. The smallest absolute Gasteiger partial charge is 0.416 e. The number of aliphatic hydroxyl groups is 1. The normalized spacial score (nSPS) is 19.8. The van der Waals surface area contributed by atoms with Gasteiger partial charge in [-0.25, -0.2) is 4.98 Å². The van der Waals surface area contributed by atoms with E-state index in [1.165, 1.54) is 23.5 Å². The molecule has 47 heavy (non-hydrogen) atoms. The van der Waals surface area contributed by atoms with Gasteiger partial charge in [0, 0.05) is 45.4 Å². The monoisotopic (exact) mass is 727 g/mol. The fourth-order valence-corrected chi connectivity index (χ4v) is 7.38. The van der Waals surface area contributed by atoms with Crippen LogP contribution in [0.25, 0.3) is 11.1 Å². The van der Waals surface area contributed by atoms with Gasteiger partial charge < -0.3 is 20.1 Å². The Labute approximate surface area is 282 Å². The van der Waals surface area contributed by atoms with Crippen LogP contribution in [0.15, 0.2) is 76.6 Å². The van der Waals surface area contributed by atoms with E-state index in [2.05, 4.69) is 26.2 Å². The van der Waals surface area contributed by atoms with Gasteiger partial charge in [-0.05, 0) is 54.3 Å². The van der Waals surface area contributed by atoms with Crippen molar-refractivity contribution in [1.82, 2.24) is 15.2 Å². The summed E-state index contributed by atoms with van der Waals surface area (Å²) in [6, 6.07) is 16.6. The van der Waals surface area contributed by atoms with Gasteiger partial charge in [0.15, 0.2) is 0 Å². The molecule has 2 amide bonds. The summed E-state index contributed by atoms with van der Waals surface area (Å²) in [6.07, 6.45) is -4.04. The molecule has 6 rings (SSSR count). The molecule has 2 aliphatic heterocycles. The number of halogens is 4. The quantitative estimate of drug-likeness (QED) is 0.219. The zero-order valence-electron chi connectivity index (χ0n) is 25.7. The van der Waals surface area contributed by atoms with Crippen molar-refractivity contribution in [3.63, 3.8) is 0 Å². The van der Waals surface area contributed by atoms with Crippen molar-refractivity contribution in [3.05, 3.63) is 104 Å². The van der Waals surface area contributed by atoms with E-state index in [9.17, 15) is 27.9 Å². The lowest BCUT2D eigenvalue weighted by Crippen LogP contribution is -2.44. The first-order valence-electron chi connectivity index (χ1n) is 15.2. The number of carbonyl (C=O) groups excluding carboxylic acids is 2. The van der Waals surface area contributed by atoms with E-state index in [1.54, 1.807) is 34.5 Å². The minimum absolute atomic E-state index is 0.0598. The summed E-state index contributed by atoms with van der Waals surface area (Å²) >= 11 is 4.86. The molecule has 2 N–H and O–H groups in total. The standard InChI is InChI=1S/C35H33BrF3N3O4S/c1-34(2)19-46-28-17-23(36)11-12-26(28)29(30(34)43)41-31(44)27-18-47-32(40-27)21-13-15-42(16-14-21)33(45)25-6-4-3-5-24(25)20-7-9-22(10-8-20)35(37,38)39/h3-12,17-18,21,29-30,43H,13-16,19H2,1-2H3,(H,41,44). The summed E-state index contributed by atoms with van der Waals surface area (Å²) in [7, 11) is 0. The first-order chi connectivity index (χ1) is 22.3. The number of alkyl halides is 3. The van der Waals surface area contributed by atoms with Crippen LogP contribution in [0.5, 0.6) is 5.75 Å². The Morgan fingerprint density at radius 3 is 2.47 bits per heavy atom. The number of aromatic nitrogens is 1. The third kappa shape index (κ3) is 6.95. The SMILES string of the molecule is CC1(C)COc2cc(Br)ccc2C(NC(=O)c2csc(C3CCN(C(=O)c4ccccc4-c4ccc(C(F)(F)F)cc4)CC3)n2)C1O. The number of carbonyl (C=O) groups is 2. The van der Waals surface area contributed by atoms with E-state index in [-0.39, 0.29) is 24.1 Å². The number of likely N-dealkylation sites (tertiary alicyclic amines) is 1. The van der Waals surface area contributed by atoms with Crippen molar-refractivity contribution in [2.24, 2.45) is 5.41 Å². The van der Waals surface area contributed by atoms with E-state index >= 15 is 0 Å². The van der Waals surface area contributed by atoms with E-state index in [1.807, 2.05) is 32.0 Å². The van der Waals surface area contributed by atoms with Crippen molar-refractivity contribution in [1.29, 1.82) is 0 Å². The Morgan fingerprint density at radius 1 is 1.06 bits per heavy atom. The lowest BCUT2D eigenvalue weighted by atomic mass is 9.81. The maximum absolute atomic E-state index is 13.6. The summed E-state index contributed by atoms with van der Waals surface area (Å²) in [5, 5.41) is 16.8. The van der Waals surface area contributed by atoms with Gasteiger partial charge >= 0.3 is 6.18 Å². The second kappa shape index (κ2) is 13.0. The highest BCUT2D eigenvalue weighted by molar-refractivity contribution is 9.10. The second-order valence-electron chi connectivity index (χ2n) is 12.6. The maximum Gasteiger partial charge on any atom is 0.416 e. The Hall–Kier alpha value is -3.74. The molecule has 0 aliphatic carbocycles. The van der Waals surface area contributed by atoms with Gasteiger partial charge in [-0.1, -0.05) is 66.2 Å². The van der Waals surface area contributed by atoms with Gasteiger partial charge in [-0.2, -0.15) is 13.2 Å². The number of thiazole rings is 1. The number of hydrogen-bond acceptors (Lipinski definition) is 6. The fourth-order valence-electron chi connectivity index (χ4n) is 6.07. The maximum atomic E-state index is 13.6. The number of amides is 2. The summed E-state index contributed by atoms with van der Waals surface area (Å²) < 4.78 is 46.1. The zero-order valence-corrected chi connectivity index (χ0v) is 28.1. The number of rotatable bonds is 5. The van der Waals surface area contributed by atoms with E-state index in [4.69, 9.17) is 4.74 Å². The molecule has 3 aromatic carbocycles. The van der Waals surface area contributed by atoms with Crippen LogP contribution >= 0.6 is 27.3 Å². The predicted molar refractivity (Wildman–Crippen MR) is 177 cm³/mol.